The number of halogens is 1. The summed E-state index contributed by atoms with van der Waals surface area (Å²) in [7, 11) is 0. The molecule has 1 fully saturated rings. The number of Topliss-reactive ketones (excluding diaryl/α,β-unsaturated/α-hetero) is 3. The number of ketones is 3. The largest absolute Gasteiger partial charge is 0.346 e. The number of aryl methyl sites for hydroxylation is 1. The van der Waals surface area contributed by atoms with E-state index in [1.165, 1.54) is 0 Å². The molecule has 4 atom stereocenters. The molecule has 1 aliphatic carbocycles. The van der Waals surface area contributed by atoms with Crippen LogP contribution >= 0.6 is 11.6 Å². The molecular weight excluding hydrogens is 684 g/mol. The maximum Gasteiger partial charge on any atom is 0.224 e. The van der Waals surface area contributed by atoms with Gasteiger partial charge in [-0.3, -0.25) is 24.0 Å². The number of hydrogen-bond donors (Lipinski definition) is 2. The molecule has 2 N–H and O–H groups in total. The summed E-state index contributed by atoms with van der Waals surface area (Å²) in [6.07, 6.45) is 4.03. The molecule has 0 bridgehead atoms. The first-order chi connectivity index (χ1) is 25.2. The summed E-state index contributed by atoms with van der Waals surface area (Å²) in [6.45, 7) is 10.00. The fourth-order valence-electron chi connectivity index (χ4n) is 6.91. The number of carbonyl (C=O) groups excluding carboxylic acids is 5. The minimum Gasteiger partial charge on any atom is -0.346 e. The highest BCUT2D eigenvalue weighted by atomic mass is 35.5. The molecule has 0 radical (unpaired) electrons. The van der Waals surface area contributed by atoms with Crippen LogP contribution in [0.1, 0.15) is 96.3 Å². The van der Waals surface area contributed by atoms with Crippen LogP contribution in [-0.2, 0) is 43.2 Å². The van der Waals surface area contributed by atoms with Crippen molar-refractivity contribution in [3.8, 4) is 0 Å². The number of hydrogen-bond acceptors (Lipinski definition) is 5. The Morgan fingerprint density at radius 1 is 0.660 bits per heavy atom. The Labute approximate surface area is 321 Å². The zero-order chi connectivity index (χ0) is 38.5. The number of nitrogens with one attached hydrogen (secondary N) is 2. The van der Waals surface area contributed by atoms with Crippen LogP contribution in [0.3, 0.4) is 0 Å². The van der Waals surface area contributed by atoms with Gasteiger partial charge in [0.15, 0.2) is 11.6 Å². The van der Waals surface area contributed by atoms with E-state index in [2.05, 4.69) is 10.6 Å². The Morgan fingerprint density at radius 2 is 1.19 bits per heavy atom. The van der Waals surface area contributed by atoms with Gasteiger partial charge in [-0.25, -0.2) is 0 Å². The van der Waals surface area contributed by atoms with E-state index in [0.29, 0.717) is 37.1 Å². The maximum absolute atomic E-state index is 14.2. The summed E-state index contributed by atoms with van der Waals surface area (Å²) in [5.74, 6) is -2.03. The zero-order valence-corrected chi connectivity index (χ0v) is 32.8. The highest BCUT2D eigenvalue weighted by molar-refractivity contribution is 6.30. The molecule has 8 heteroatoms. The molecule has 2 amide bonds. The molecule has 3 aromatic rings. The third-order valence-corrected chi connectivity index (χ3v) is 10.5. The van der Waals surface area contributed by atoms with E-state index in [-0.39, 0.29) is 60.3 Å². The summed E-state index contributed by atoms with van der Waals surface area (Å²) in [6, 6.07) is 25.0. The topological polar surface area (TPSA) is 109 Å². The van der Waals surface area contributed by atoms with E-state index in [9.17, 15) is 24.0 Å². The second kappa shape index (κ2) is 19.8. The Balaban J connectivity index is 1.53. The van der Waals surface area contributed by atoms with Crippen molar-refractivity contribution in [2.45, 2.75) is 111 Å². The van der Waals surface area contributed by atoms with Crippen molar-refractivity contribution in [1.29, 1.82) is 0 Å². The lowest BCUT2D eigenvalue weighted by molar-refractivity contribution is -0.135. The summed E-state index contributed by atoms with van der Waals surface area (Å²) >= 11 is 6.04. The lowest BCUT2D eigenvalue weighted by Crippen LogP contribution is -2.49. The average molecular weight is 741 g/mol. The van der Waals surface area contributed by atoms with Crippen LogP contribution in [0, 0.1) is 29.1 Å². The van der Waals surface area contributed by atoms with E-state index < -0.39 is 29.3 Å². The van der Waals surface area contributed by atoms with Crippen molar-refractivity contribution >= 4 is 40.8 Å². The number of amides is 2. The summed E-state index contributed by atoms with van der Waals surface area (Å²) < 4.78 is 0. The minimum atomic E-state index is -0.836. The van der Waals surface area contributed by atoms with E-state index in [1.807, 2.05) is 107 Å². The summed E-state index contributed by atoms with van der Waals surface area (Å²) in [5.41, 5.74) is 2.38. The molecular formula is C45H57ClN2O5. The van der Waals surface area contributed by atoms with Gasteiger partial charge in [0.2, 0.25) is 11.8 Å². The van der Waals surface area contributed by atoms with Crippen molar-refractivity contribution in [1.82, 2.24) is 10.6 Å². The first-order valence-electron chi connectivity index (χ1n) is 19.2. The first kappa shape index (κ1) is 41.7. The van der Waals surface area contributed by atoms with Gasteiger partial charge in [-0.2, -0.15) is 0 Å². The van der Waals surface area contributed by atoms with Crippen molar-refractivity contribution in [2.24, 2.45) is 29.1 Å². The van der Waals surface area contributed by atoms with Crippen LogP contribution in [-0.4, -0.2) is 41.2 Å². The number of carbonyl (C=O) groups is 5. The second-order valence-corrected chi connectivity index (χ2v) is 16.6. The number of rotatable bonds is 22. The van der Waals surface area contributed by atoms with E-state index in [1.54, 1.807) is 12.1 Å². The molecule has 1 aliphatic rings. The number of benzene rings is 3. The highest BCUT2D eigenvalue weighted by Gasteiger charge is 2.48. The Kier molecular flexibility index (Phi) is 15.6. The normalized spacial score (nSPS) is 15.6. The van der Waals surface area contributed by atoms with Crippen LogP contribution in [0.5, 0.6) is 0 Å². The zero-order valence-electron chi connectivity index (χ0n) is 32.0. The van der Waals surface area contributed by atoms with Crippen LogP contribution in [0.2, 0.25) is 5.02 Å². The highest BCUT2D eigenvalue weighted by Crippen LogP contribution is 2.47. The molecule has 0 unspecified atom stereocenters. The second-order valence-electron chi connectivity index (χ2n) is 16.1. The predicted molar refractivity (Wildman–Crippen MR) is 211 cm³/mol. The molecule has 3 aromatic carbocycles. The molecule has 1 saturated carbocycles. The average Bonchev–Trinajstić information content (AvgIpc) is 3.88. The van der Waals surface area contributed by atoms with Gasteiger partial charge in [-0.05, 0) is 85.6 Å². The molecule has 53 heavy (non-hydrogen) atoms. The first-order valence-corrected chi connectivity index (χ1v) is 19.6. The third-order valence-electron chi connectivity index (χ3n) is 10.3. The Morgan fingerprint density at radius 3 is 1.75 bits per heavy atom. The third kappa shape index (κ3) is 13.7. The van der Waals surface area contributed by atoms with Gasteiger partial charge >= 0.3 is 0 Å². The Bertz CT molecular complexity index is 1670. The molecule has 7 nitrogen and oxygen atoms in total. The van der Waals surface area contributed by atoms with Gasteiger partial charge in [0.05, 0.1) is 12.1 Å². The quantitative estimate of drug-likeness (QED) is 0.108. The van der Waals surface area contributed by atoms with Gasteiger partial charge < -0.3 is 10.6 Å². The van der Waals surface area contributed by atoms with Crippen molar-refractivity contribution in [3.63, 3.8) is 0 Å². The minimum absolute atomic E-state index is 0.0348. The van der Waals surface area contributed by atoms with Gasteiger partial charge in [-0.15, -0.1) is 0 Å². The van der Waals surface area contributed by atoms with Gasteiger partial charge in [0, 0.05) is 41.5 Å². The molecule has 4 rings (SSSR count). The van der Waals surface area contributed by atoms with Crippen molar-refractivity contribution < 1.29 is 24.0 Å². The van der Waals surface area contributed by atoms with E-state index in [4.69, 9.17) is 11.6 Å². The molecule has 0 heterocycles. The standard InChI is InChI=1S/C45H57ClN2O5/c1-30(2)24-39(47-43(52)35(19-16-32-12-8-6-9-13-32)28-38(49)27-34-17-20-37(46)21-18-34)41(50)29-36(26-33-14-10-7-11-15-33)44(53)48-40(25-31(3)4)42(51)45(5)22-23-45/h6-15,17-18,20-21,30-31,35-36,39-40H,16,19,22-29H2,1-5H3,(H,47,52)(H,48,53)/t35-,36-,39+,40+/m1/s1. The molecule has 0 spiro atoms. The molecule has 0 saturated heterocycles. The van der Waals surface area contributed by atoms with Crippen LogP contribution in [0.4, 0.5) is 0 Å². The van der Waals surface area contributed by atoms with Crippen LogP contribution < -0.4 is 10.6 Å². The fourth-order valence-corrected chi connectivity index (χ4v) is 7.03. The van der Waals surface area contributed by atoms with E-state index >= 15 is 0 Å². The van der Waals surface area contributed by atoms with Crippen LogP contribution in [0.15, 0.2) is 84.9 Å². The smallest absolute Gasteiger partial charge is 0.224 e. The maximum atomic E-state index is 14.2. The fraction of sp³-hybridized carbons (Fsp3) is 0.489. The van der Waals surface area contributed by atoms with Gasteiger partial charge in [0.25, 0.3) is 0 Å². The van der Waals surface area contributed by atoms with Crippen LogP contribution in [0.25, 0.3) is 0 Å². The predicted octanol–water partition coefficient (Wildman–Crippen LogP) is 8.34. The lowest BCUT2D eigenvalue weighted by Gasteiger charge is -2.27. The Hall–Kier alpha value is -4.10. The summed E-state index contributed by atoms with van der Waals surface area (Å²) in [4.78, 5) is 69.2. The lowest BCUT2D eigenvalue weighted by atomic mass is 9.87. The van der Waals surface area contributed by atoms with Gasteiger partial charge in [-0.1, -0.05) is 119 Å². The monoisotopic (exact) mass is 740 g/mol. The van der Waals surface area contributed by atoms with Crippen molar-refractivity contribution in [2.75, 3.05) is 0 Å². The SMILES string of the molecule is CC(C)C[C@H](NC(=O)[C@H](CCc1ccccc1)CC(=O)Cc1ccc(Cl)cc1)C(=O)C[C@@H](Cc1ccccc1)C(=O)N[C@@H](CC(C)C)C(=O)C1(C)CC1. The molecule has 0 aliphatic heterocycles. The van der Waals surface area contributed by atoms with Crippen molar-refractivity contribution in [3.05, 3.63) is 107 Å². The molecule has 284 valence electrons. The summed E-state index contributed by atoms with van der Waals surface area (Å²) in [5, 5.41) is 6.69. The molecule has 0 aromatic heterocycles. The van der Waals surface area contributed by atoms with E-state index in [0.717, 1.165) is 29.5 Å². The van der Waals surface area contributed by atoms with Gasteiger partial charge in [0.1, 0.15) is 5.78 Å².